The molecule has 1 aliphatic rings. The SMILES string of the molecule is CCCCC(=O)N1CCc2cc(CC(C)Br)ccc21. The van der Waals surface area contributed by atoms with Gasteiger partial charge in [-0.15, -0.1) is 0 Å². The van der Waals surface area contributed by atoms with E-state index < -0.39 is 0 Å². The van der Waals surface area contributed by atoms with Gasteiger partial charge in [-0.3, -0.25) is 4.79 Å². The lowest BCUT2D eigenvalue weighted by Crippen LogP contribution is -2.28. The molecule has 1 aliphatic heterocycles. The fourth-order valence-corrected chi connectivity index (χ4v) is 3.00. The van der Waals surface area contributed by atoms with Gasteiger partial charge in [0.05, 0.1) is 0 Å². The highest BCUT2D eigenvalue weighted by molar-refractivity contribution is 9.09. The molecule has 0 aliphatic carbocycles. The van der Waals surface area contributed by atoms with Crippen LogP contribution in [0.25, 0.3) is 0 Å². The van der Waals surface area contributed by atoms with Crippen LogP contribution in [0, 0.1) is 0 Å². The first kappa shape index (κ1) is 14.6. The summed E-state index contributed by atoms with van der Waals surface area (Å²) in [5.74, 6) is 0.280. The first-order valence-corrected chi connectivity index (χ1v) is 8.09. The smallest absolute Gasteiger partial charge is 0.226 e. The number of benzene rings is 1. The zero-order chi connectivity index (χ0) is 13.8. The van der Waals surface area contributed by atoms with Crippen molar-refractivity contribution in [2.75, 3.05) is 11.4 Å². The third-order valence-corrected chi connectivity index (χ3v) is 3.93. The zero-order valence-electron chi connectivity index (χ0n) is 11.8. The summed E-state index contributed by atoms with van der Waals surface area (Å²) >= 11 is 3.59. The van der Waals surface area contributed by atoms with Crippen molar-refractivity contribution in [3.63, 3.8) is 0 Å². The van der Waals surface area contributed by atoms with Crippen LogP contribution < -0.4 is 4.90 Å². The summed E-state index contributed by atoms with van der Waals surface area (Å²) in [5, 5.41) is 0. The van der Waals surface area contributed by atoms with Crippen molar-refractivity contribution < 1.29 is 4.79 Å². The molecule has 1 aromatic carbocycles. The van der Waals surface area contributed by atoms with E-state index in [0.717, 1.165) is 37.9 Å². The van der Waals surface area contributed by atoms with Crippen molar-refractivity contribution in [1.82, 2.24) is 0 Å². The second-order valence-corrected chi connectivity index (χ2v) is 6.91. The van der Waals surface area contributed by atoms with E-state index in [9.17, 15) is 4.79 Å². The molecule has 0 N–H and O–H groups in total. The number of carbonyl (C=O) groups excluding carboxylic acids is 1. The van der Waals surface area contributed by atoms with E-state index in [1.165, 1.54) is 11.1 Å². The maximum atomic E-state index is 12.1. The predicted molar refractivity (Wildman–Crippen MR) is 84.1 cm³/mol. The summed E-state index contributed by atoms with van der Waals surface area (Å²) in [5.41, 5.74) is 3.81. The van der Waals surface area contributed by atoms with E-state index in [1.54, 1.807) is 0 Å². The van der Waals surface area contributed by atoms with E-state index in [4.69, 9.17) is 0 Å². The molecule has 0 spiro atoms. The first-order chi connectivity index (χ1) is 9.11. The average molecular weight is 324 g/mol. The van der Waals surface area contributed by atoms with E-state index >= 15 is 0 Å². The van der Waals surface area contributed by atoms with Crippen molar-refractivity contribution in [3.8, 4) is 0 Å². The third-order valence-electron chi connectivity index (χ3n) is 3.60. The maximum Gasteiger partial charge on any atom is 0.226 e. The van der Waals surface area contributed by atoms with Gasteiger partial charge < -0.3 is 4.90 Å². The summed E-state index contributed by atoms with van der Waals surface area (Å²) in [6.45, 7) is 5.14. The quantitative estimate of drug-likeness (QED) is 0.747. The Morgan fingerprint density at radius 2 is 2.26 bits per heavy atom. The predicted octanol–water partition coefficient (Wildman–Crippen LogP) is 4.09. The van der Waals surface area contributed by atoms with Crippen molar-refractivity contribution in [2.45, 2.75) is 50.8 Å². The molecule has 104 valence electrons. The van der Waals surface area contributed by atoms with E-state index in [1.807, 2.05) is 4.90 Å². The summed E-state index contributed by atoms with van der Waals surface area (Å²) in [6.07, 6.45) is 4.78. The number of amides is 1. The van der Waals surface area contributed by atoms with Gasteiger partial charge in [-0.2, -0.15) is 0 Å². The van der Waals surface area contributed by atoms with Gasteiger partial charge in [0.25, 0.3) is 0 Å². The van der Waals surface area contributed by atoms with Crippen LogP contribution in [0.1, 0.15) is 44.2 Å². The normalized spacial score (nSPS) is 15.4. The van der Waals surface area contributed by atoms with Crippen molar-refractivity contribution in [2.24, 2.45) is 0 Å². The molecule has 0 saturated heterocycles. The molecule has 1 amide bonds. The van der Waals surface area contributed by atoms with Crippen LogP contribution >= 0.6 is 15.9 Å². The molecule has 0 saturated carbocycles. The Hall–Kier alpha value is -0.830. The van der Waals surface area contributed by atoms with Gasteiger partial charge in [-0.1, -0.05) is 48.3 Å². The van der Waals surface area contributed by atoms with Gasteiger partial charge >= 0.3 is 0 Å². The van der Waals surface area contributed by atoms with Crippen LogP contribution in [-0.2, 0) is 17.6 Å². The molecule has 3 heteroatoms. The van der Waals surface area contributed by atoms with E-state index in [2.05, 4.69) is 48.0 Å². The van der Waals surface area contributed by atoms with Crippen LogP contribution in [0.3, 0.4) is 0 Å². The molecule has 0 fully saturated rings. The van der Waals surface area contributed by atoms with Gasteiger partial charge in [0.15, 0.2) is 0 Å². The lowest BCUT2D eigenvalue weighted by molar-refractivity contribution is -0.118. The monoisotopic (exact) mass is 323 g/mol. The number of carbonyl (C=O) groups is 1. The molecule has 1 aromatic rings. The molecular weight excluding hydrogens is 302 g/mol. The van der Waals surface area contributed by atoms with Crippen LogP contribution in [0.2, 0.25) is 0 Å². The molecule has 0 aromatic heterocycles. The Labute approximate surface area is 124 Å². The van der Waals surface area contributed by atoms with Crippen LogP contribution in [0.5, 0.6) is 0 Å². The number of rotatable bonds is 5. The highest BCUT2D eigenvalue weighted by atomic mass is 79.9. The molecule has 1 atom stereocenters. The maximum absolute atomic E-state index is 12.1. The zero-order valence-corrected chi connectivity index (χ0v) is 13.4. The number of unbranched alkanes of at least 4 members (excludes halogenated alkanes) is 1. The Bertz CT molecular complexity index is 456. The lowest BCUT2D eigenvalue weighted by atomic mass is 10.0. The summed E-state index contributed by atoms with van der Waals surface area (Å²) in [7, 11) is 0. The van der Waals surface area contributed by atoms with E-state index in [-0.39, 0.29) is 5.91 Å². The molecule has 2 nitrogen and oxygen atoms in total. The topological polar surface area (TPSA) is 20.3 Å². The molecule has 1 heterocycles. The summed E-state index contributed by atoms with van der Waals surface area (Å²) in [6, 6.07) is 6.54. The summed E-state index contributed by atoms with van der Waals surface area (Å²) < 4.78 is 0. The number of hydrogen-bond acceptors (Lipinski definition) is 1. The van der Waals surface area contributed by atoms with Gasteiger partial charge in [0, 0.05) is 23.5 Å². The molecule has 19 heavy (non-hydrogen) atoms. The first-order valence-electron chi connectivity index (χ1n) is 7.18. The van der Waals surface area contributed by atoms with Crippen LogP contribution in [0.15, 0.2) is 18.2 Å². The Morgan fingerprint density at radius 3 is 2.95 bits per heavy atom. The average Bonchev–Trinajstić information content (AvgIpc) is 2.78. The molecule has 1 unspecified atom stereocenters. The number of anilines is 1. The fraction of sp³-hybridized carbons (Fsp3) is 0.562. The molecular formula is C16H22BrNO. The largest absolute Gasteiger partial charge is 0.312 e. The fourth-order valence-electron chi connectivity index (χ4n) is 2.63. The molecule has 0 radical (unpaired) electrons. The second-order valence-electron chi connectivity index (χ2n) is 5.35. The highest BCUT2D eigenvalue weighted by Gasteiger charge is 2.24. The molecule has 2 rings (SSSR count). The number of hydrogen-bond donors (Lipinski definition) is 0. The standard InChI is InChI=1S/C16H22BrNO/c1-3-4-5-16(19)18-9-8-14-11-13(10-12(2)17)6-7-15(14)18/h6-7,11-12H,3-5,8-10H2,1-2H3. The van der Waals surface area contributed by atoms with E-state index in [0.29, 0.717) is 11.2 Å². The van der Waals surface area contributed by atoms with Gasteiger partial charge in [-0.25, -0.2) is 0 Å². The number of halogens is 1. The van der Waals surface area contributed by atoms with Gasteiger partial charge in [-0.05, 0) is 36.5 Å². The van der Waals surface area contributed by atoms with Crippen LogP contribution in [0.4, 0.5) is 5.69 Å². The minimum atomic E-state index is 0.280. The Morgan fingerprint density at radius 1 is 1.47 bits per heavy atom. The third kappa shape index (κ3) is 3.59. The Kier molecular flexibility index (Phi) is 5.03. The van der Waals surface area contributed by atoms with Crippen molar-refractivity contribution in [3.05, 3.63) is 29.3 Å². The van der Waals surface area contributed by atoms with Gasteiger partial charge in [0.1, 0.15) is 0 Å². The molecule has 0 bridgehead atoms. The second kappa shape index (κ2) is 6.56. The van der Waals surface area contributed by atoms with Crippen molar-refractivity contribution >= 4 is 27.5 Å². The highest BCUT2D eigenvalue weighted by Crippen LogP contribution is 2.30. The minimum absolute atomic E-state index is 0.280. The number of alkyl halides is 1. The number of fused-ring (bicyclic) bond motifs is 1. The van der Waals surface area contributed by atoms with Crippen molar-refractivity contribution in [1.29, 1.82) is 0 Å². The lowest BCUT2D eigenvalue weighted by Gasteiger charge is -2.17. The van der Waals surface area contributed by atoms with Crippen LogP contribution in [-0.4, -0.2) is 17.3 Å². The minimum Gasteiger partial charge on any atom is -0.312 e. The Balaban J connectivity index is 2.10. The summed E-state index contributed by atoms with van der Waals surface area (Å²) in [4.78, 5) is 14.6. The van der Waals surface area contributed by atoms with Gasteiger partial charge in [0.2, 0.25) is 5.91 Å². The number of nitrogens with zero attached hydrogens (tertiary/aromatic N) is 1.